The lowest BCUT2D eigenvalue weighted by molar-refractivity contribution is 0.327. The van der Waals surface area contributed by atoms with Gasteiger partial charge in [0.15, 0.2) is 11.5 Å². The van der Waals surface area contributed by atoms with Gasteiger partial charge in [0.25, 0.3) is 0 Å². The summed E-state index contributed by atoms with van der Waals surface area (Å²) in [5, 5.41) is 47.3. The van der Waals surface area contributed by atoms with Crippen molar-refractivity contribution in [1.29, 1.82) is 0 Å². The molecule has 0 unspecified atom stereocenters. The Kier molecular flexibility index (Phi) is 3.20. The maximum absolute atomic E-state index is 9.63. The highest BCUT2D eigenvalue weighted by Gasteiger charge is 2.21. The lowest BCUT2D eigenvalue weighted by Crippen LogP contribution is -1.82. The van der Waals surface area contributed by atoms with Crippen LogP contribution in [0.1, 0.15) is 11.1 Å². The van der Waals surface area contributed by atoms with Gasteiger partial charge in [-0.25, -0.2) is 0 Å². The van der Waals surface area contributed by atoms with Crippen LogP contribution in [0.3, 0.4) is 0 Å². The van der Waals surface area contributed by atoms with Crippen molar-refractivity contribution in [2.24, 2.45) is 0 Å². The van der Waals surface area contributed by atoms with Crippen LogP contribution >= 0.6 is 0 Å². The summed E-state index contributed by atoms with van der Waals surface area (Å²) in [6.45, 7) is 0. The molecule has 0 aliphatic rings. The average Bonchev–Trinajstić information content (AvgIpc) is 2.44. The predicted octanol–water partition coefficient (Wildman–Crippen LogP) is 2.39. The average molecular weight is 260 g/mol. The molecule has 0 saturated carbocycles. The zero-order chi connectivity index (χ0) is 14.0. The van der Waals surface area contributed by atoms with Gasteiger partial charge in [-0.1, -0.05) is 36.4 Å². The van der Waals surface area contributed by atoms with Crippen molar-refractivity contribution in [2.75, 3.05) is 0 Å². The van der Waals surface area contributed by atoms with Crippen molar-refractivity contribution >= 4 is 12.2 Å². The highest BCUT2D eigenvalue weighted by Crippen LogP contribution is 2.51. The number of phenols is 5. The molecular formula is C14H12O5. The SMILES string of the molecule is Oc1c(O)c(O)c(/C=C/c2ccccc2)c(O)c1O. The van der Waals surface area contributed by atoms with Gasteiger partial charge in [-0.15, -0.1) is 0 Å². The zero-order valence-electron chi connectivity index (χ0n) is 9.78. The molecule has 2 aromatic rings. The Hall–Kier alpha value is -2.82. The van der Waals surface area contributed by atoms with Crippen LogP contribution in [0.15, 0.2) is 30.3 Å². The van der Waals surface area contributed by atoms with Gasteiger partial charge in [-0.2, -0.15) is 0 Å². The number of phenolic OH excluding ortho intramolecular Hbond substituents is 5. The molecule has 5 nitrogen and oxygen atoms in total. The molecule has 0 aliphatic heterocycles. The molecule has 19 heavy (non-hydrogen) atoms. The van der Waals surface area contributed by atoms with Gasteiger partial charge in [-0.3, -0.25) is 0 Å². The van der Waals surface area contributed by atoms with Crippen LogP contribution in [0, 0.1) is 0 Å². The smallest absolute Gasteiger partial charge is 0.208 e. The third-order valence-electron chi connectivity index (χ3n) is 2.65. The van der Waals surface area contributed by atoms with E-state index >= 15 is 0 Å². The van der Waals surface area contributed by atoms with Crippen LogP contribution in [0.5, 0.6) is 28.7 Å². The lowest BCUT2D eigenvalue weighted by atomic mass is 10.1. The Balaban J connectivity index is 2.50. The monoisotopic (exact) mass is 260 g/mol. The number of benzene rings is 2. The molecule has 2 aromatic carbocycles. The number of rotatable bonds is 2. The predicted molar refractivity (Wildman–Crippen MR) is 70.1 cm³/mol. The summed E-state index contributed by atoms with van der Waals surface area (Å²) in [7, 11) is 0. The van der Waals surface area contributed by atoms with Crippen LogP contribution < -0.4 is 0 Å². The fourth-order valence-corrected chi connectivity index (χ4v) is 1.61. The van der Waals surface area contributed by atoms with Crippen molar-refractivity contribution in [2.45, 2.75) is 0 Å². The molecule has 0 spiro atoms. The van der Waals surface area contributed by atoms with E-state index in [1.165, 1.54) is 6.08 Å². The van der Waals surface area contributed by atoms with Crippen molar-refractivity contribution in [3.63, 3.8) is 0 Å². The van der Waals surface area contributed by atoms with Crippen LogP contribution in [-0.4, -0.2) is 25.5 Å². The quantitative estimate of drug-likeness (QED) is 0.324. The summed E-state index contributed by atoms with van der Waals surface area (Å²) < 4.78 is 0. The van der Waals surface area contributed by atoms with Gasteiger partial charge in [0.2, 0.25) is 17.2 Å². The maximum Gasteiger partial charge on any atom is 0.208 e. The fourth-order valence-electron chi connectivity index (χ4n) is 1.61. The summed E-state index contributed by atoms with van der Waals surface area (Å²) in [4.78, 5) is 0. The molecule has 0 amide bonds. The maximum atomic E-state index is 9.63. The largest absolute Gasteiger partial charge is 0.504 e. The molecule has 0 saturated heterocycles. The van der Waals surface area contributed by atoms with E-state index in [-0.39, 0.29) is 5.56 Å². The Bertz CT molecular complexity index is 603. The Labute approximate surface area is 108 Å². The number of hydrogen-bond donors (Lipinski definition) is 5. The second-order valence-electron chi connectivity index (χ2n) is 3.90. The first-order chi connectivity index (χ1) is 9.02. The first-order valence-corrected chi connectivity index (χ1v) is 5.44. The zero-order valence-corrected chi connectivity index (χ0v) is 9.78. The minimum Gasteiger partial charge on any atom is -0.504 e. The van der Waals surface area contributed by atoms with E-state index in [1.54, 1.807) is 18.2 Å². The van der Waals surface area contributed by atoms with Crippen LogP contribution in [0.4, 0.5) is 0 Å². The number of hydrogen-bond acceptors (Lipinski definition) is 5. The van der Waals surface area contributed by atoms with Gasteiger partial charge in [-0.05, 0) is 11.6 Å². The van der Waals surface area contributed by atoms with Crippen LogP contribution in [0.25, 0.3) is 12.2 Å². The molecule has 0 heterocycles. The fraction of sp³-hybridized carbons (Fsp3) is 0. The minimum absolute atomic E-state index is 0.184. The summed E-state index contributed by atoms with van der Waals surface area (Å²) in [5.41, 5.74) is 0.616. The highest BCUT2D eigenvalue weighted by molar-refractivity contribution is 5.81. The standard InChI is InChI=1S/C14H12O5/c15-10-9(7-6-8-4-2-1-3-5-8)11(16)13(18)14(19)12(10)17/h1-7,15-19H/b7-6+. The molecule has 5 N–H and O–H groups in total. The lowest BCUT2D eigenvalue weighted by Gasteiger charge is -2.09. The third kappa shape index (κ3) is 2.26. The summed E-state index contributed by atoms with van der Waals surface area (Å²) >= 11 is 0. The molecule has 0 aromatic heterocycles. The van der Waals surface area contributed by atoms with Crippen molar-refractivity contribution < 1.29 is 25.5 Å². The van der Waals surface area contributed by atoms with E-state index < -0.39 is 28.7 Å². The van der Waals surface area contributed by atoms with E-state index in [4.69, 9.17) is 0 Å². The van der Waals surface area contributed by atoms with Gasteiger partial charge >= 0.3 is 0 Å². The van der Waals surface area contributed by atoms with E-state index in [0.29, 0.717) is 0 Å². The molecule has 0 atom stereocenters. The highest BCUT2D eigenvalue weighted by atomic mass is 16.4. The second kappa shape index (κ2) is 4.81. The first kappa shape index (κ1) is 12.6. The van der Waals surface area contributed by atoms with Crippen LogP contribution in [0.2, 0.25) is 0 Å². The normalized spacial score (nSPS) is 10.9. The molecule has 5 heteroatoms. The molecule has 98 valence electrons. The number of aromatic hydroxyl groups is 5. The van der Waals surface area contributed by atoms with E-state index in [0.717, 1.165) is 5.56 Å². The third-order valence-corrected chi connectivity index (χ3v) is 2.65. The van der Waals surface area contributed by atoms with Crippen molar-refractivity contribution in [1.82, 2.24) is 0 Å². The molecular weight excluding hydrogens is 248 g/mol. The molecule has 0 bridgehead atoms. The Morgan fingerprint density at radius 1 is 0.579 bits per heavy atom. The summed E-state index contributed by atoms with van der Waals surface area (Å²) in [6, 6.07) is 9.05. The molecule has 0 radical (unpaired) electrons. The van der Waals surface area contributed by atoms with Crippen LogP contribution in [-0.2, 0) is 0 Å². The van der Waals surface area contributed by atoms with Crippen molar-refractivity contribution in [3.05, 3.63) is 41.5 Å². The van der Waals surface area contributed by atoms with Gasteiger partial charge in [0.1, 0.15) is 0 Å². The van der Waals surface area contributed by atoms with E-state index in [2.05, 4.69) is 0 Å². The first-order valence-electron chi connectivity index (χ1n) is 5.44. The molecule has 2 rings (SSSR count). The Morgan fingerprint density at radius 2 is 1.05 bits per heavy atom. The van der Waals surface area contributed by atoms with E-state index in [1.807, 2.05) is 18.2 Å². The van der Waals surface area contributed by atoms with Gasteiger partial charge in [0.05, 0.1) is 5.56 Å². The summed E-state index contributed by atoms with van der Waals surface area (Å²) in [5.74, 6) is -4.15. The van der Waals surface area contributed by atoms with Crippen molar-refractivity contribution in [3.8, 4) is 28.7 Å². The van der Waals surface area contributed by atoms with Gasteiger partial charge in [0, 0.05) is 0 Å². The molecule has 0 fully saturated rings. The second-order valence-corrected chi connectivity index (χ2v) is 3.90. The Morgan fingerprint density at radius 3 is 1.58 bits per heavy atom. The summed E-state index contributed by atoms with van der Waals surface area (Å²) in [6.07, 6.45) is 2.89. The van der Waals surface area contributed by atoms with E-state index in [9.17, 15) is 25.5 Å². The van der Waals surface area contributed by atoms with Gasteiger partial charge < -0.3 is 25.5 Å². The minimum atomic E-state index is -0.966. The molecule has 0 aliphatic carbocycles. The topological polar surface area (TPSA) is 101 Å².